The Balaban J connectivity index is 1.69. The molecular formula is C47H83NO7. The molecule has 0 aromatic heterocycles. The second-order valence-corrected chi connectivity index (χ2v) is 16.5. The fourth-order valence-corrected chi connectivity index (χ4v) is 8.30. The maximum Gasteiger partial charge on any atom is 0.508 e. The second kappa shape index (κ2) is 32.7. The highest BCUT2D eigenvalue weighted by molar-refractivity contribution is 5.72. The summed E-state index contributed by atoms with van der Waals surface area (Å²) in [5.41, 5.74) is 0. The first-order valence-corrected chi connectivity index (χ1v) is 23.0. The van der Waals surface area contributed by atoms with Gasteiger partial charge in [-0.3, -0.25) is 9.59 Å². The number of ether oxygens (including phenoxy) is 4. The zero-order valence-corrected chi connectivity index (χ0v) is 35.9. The number of esters is 2. The summed E-state index contributed by atoms with van der Waals surface area (Å²) in [6, 6.07) is 0. The van der Waals surface area contributed by atoms with Crippen LogP contribution in [0, 0.1) is 29.6 Å². The summed E-state index contributed by atoms with van der Waals surface area (Å²) in [6.45, 7) is 11.8. The fourth-order valence-electron chi connectivity index (χ4n) is 8.30. The Morgan fingerprint density at radius 1 is 0.600 bits per heavy atom. The number of rotatable bonds is 31. The van der Waals surface area contributed by atoms with E-state index in [4.69, 9.17) is 18.9 Å². The van der Waals surface area contributed by atoms with E-state index in [2.05, 4.69) is 56.9 Å². The lowest BCUT2D eigenvalue weighted by Gasteiger charge is -2.37. The smallest absolute Gasteiger partial charge is 0.465 e. The molecule has 2 aliphatic rings. The number of carbonyl (C=O) groups excluding carboxylic acids is 3. The summed E-state index contributed by atoms with van der Waals surface area (Å²) in [6.07, 6.45) is 35.3. The molecule has 0 saturated heterocycles. The van der Waals surface area contributed by atoms with Gasteiger partial charge in [0.15, 0.2) is 0 Å². The monoisotopic (exact) mass is 774 g/mol. The Labute approximate surface area is 337 Å². The van der Waals surface area contributed by atoms with Gasteiger partial charge in [-0.15, -0.1) is 0 Å². The van der Waals surface area contributed by atoms with E-state index in [1.54, 1.807) is 0 Å². The number of nitrogens with zero attached hydrogens (tertiary/aromatic N) is 1. The van der Waals surface area contributed by atoms with Crippen LogP contribution in [0.25, 0.3) is 0 Å². The van der Waals surface area contributed by atoms with Gasteiger partial charge in [-0.25, -0.2) is 4.79 Å². The molecule has 0 radical (unpaired) electrons. The van der Waals surface area contributed by atoms with Crippen molar-refractivity contribution < 1.29 is 33.3 Å². The van der Waals surface area contributed by atoms with E-state index >= 15 is 0 Å². The van der Waals surface area contributed by atoms with Gasteiger partial charge in [-0.2, -0.15) is 0 Å². The zero-order chi connectivity index (χ0) is 39.8. The van der Waals surface area contributed by atoms with E-state index in [0.29, 0.717) is 6.42 Å². The third-order valence-corrected chi connectivity index (χ3v) is 12.1. The lowest BCUT2D eigenvalue weighted by Crippen LogP contribution is -2.31. The van der Waals surface area contributed by atoms with Gasteiger partial charge >= 0.3 is 18.1 Å². The molecule has 0 aromatic carbocycles. The number of allylic oxidation sites excluding steroid dienone is 4. The number of hydrogen-bond donors (Lipinski definition) is 0. The van der Waals surface area contributed by atoms with Crippen molar-refractivity contribution in [1.29, 1.82) is 0 Å². The summed E-state index contributed by atoms with van der Waals surface area (Å²) >= 11 is 0. The van der Waals surface area contributed by atoms with Crippen LogP contribution >= 0.6 is 0 Å². The normalized spacial score (nSPS) is 20.9. The molecule has 8 nitrogen and oxygen atoms in total. The van der Waals surface area contributed by atoms with Crippen LogP contribution in [0.1, 0.15) is 182 Å². The minimum Gasteiger partial charge on any atom is -0.465 e. The molecule has 2 rings (SSSR count). The van der Waals surface area contributed by atoms with Crippen LogP contribution in [0.2, 0.25) is 0 Å². The summed E-state index contributed by atoms with van der Waals surface area (Å²) in [4.78, 5) is 40.4. The van der Waals surface area contributed by atoms with Gasteiger partial charge < -0.3 is 23.8 Å². The topological polar surface area (TPSA) is 91.4 Å². The average Bonchev–Trinajstić information content (AvgIpc) is 3.21. The van der Waals surface area contributed by atoms with Gasteiger partial charge in [-0.1, -0.05) is 116 Å². The van der Waals surface area contributed by atoms with Crippen LogP contribution in [0.3, 0.4) is 0 Å². The molecule has 0 bridgehead atoms. The van der Waals surface area contributed by atoms with Crippen molar-refractivity contribution in [2.75, 3.05) is 46.1 Å². The molecule has 2 aliphatic carbocycles. The Bertz CT molecular complexity index is 1020. The molecule has 2 saturated carbocycles. The highest BCUT2D eigenvalue weighted by atomic mass is 16.7. The highest BCUT2D eigenvalue weighted by Gasteiger charge is 2.33. The molecule has 0 aliphatic heterocycles. The van der Waals surface area contributed by atoms with Crippen molar-refractivity contribution in [2.45, 2.75) is 182 Å². The van der Waals surface area contributed by atoms with Gasteiger partial charge in [0.25, 0.3) is 0 Å². The van der Waals surface area contributed by atoms with E-state index in [1.807, 2.05) is 0 Å². The number of unbranched alkanes of at least 4 members (excludes halogenated alkanes) is 9. The van der Waals surface area contributed by atoms with Crippen molar-refractivity contribution in [2.24, 2.45) is 29.6 Å². The summed E-state index contributed by atoms with van der Waals surface area (Å²) in [5, 5.41) is 0. The van der Waals surface area contributed by atoms with Crippen molar-refractivity contribution in [1.82, 2.24) is 4.90 Å². The van der Waals surface area contributed by atoms with E-state index < -0.39 is 12.1 Å². The molecule has 0 aromatic rings. The van der Waals surface area contributed by atoms with Crippen molar-refractivity contribution >= 4 is 18.1 Å². The van der Waals surface area contributed by atoms with E-state index in [0.717, 1.165) is 108 Å². The van der Waals surface area contributed by atoms with Crippen molar-refractivity contribution in [3.8, 4) is 0 Å². The van der Waals surface area contributed by atoms with Gasteiger partial charge in [0.2, 0.25) is 0 Å². The first-order chi connectivity index (χ1) is 26.9. The van der Waals surface area contributed by atoms with Crippen molar-refractivity contribution in [3.05, 3.63) is 24.3 Å². The second-order valence-electron chi connectivity index (χ2n) is 16.5. The molecule has 1 unspecified atom stereocenters. The quantitative estimate of drug-likeness (QED) is 0.0298. The molecule has 0 heterocycles. The van der Waals surface area contributed by atoms with Gasteiger partial charge in [0.1, 0.15) is 19.8 Å². The molecule has 0 N–H and O–H groups in total. The lowest BCUT2D eigenvalue weighted by atomic mass is 9.68. The summed E-state index contributed by atoms with van der Waals surface area (Å²) in [5.74, 6) is 1.49. The molecular weight excluding hydrogens is 691 g/mol. The molecule has 2 fully saturated rings. The predicted molar refractivity (Wildman–Crippen MR) is 225 cm³/mol. The third kappa shape index (κ3) is 24.1. The van der Waals surface area contributed by atoms with Crippen LogP contribution in [0.5, 0.6) is 0 Å². The first-order valence-electron chi connectivity index (χ1n) is 23.0. The predicted octanol–water partition coefficient (Wildman–Crippen LogP) is 12.2. The lowest BCUT2D eigenvalue weighted by molar-refractivity contribution is -0.154. The maximum absolute atomic E-state index is 13.2. The molecule has 318 valence electrons. The van der Waals surface area contributed by atoms with Crippen molar-refractivity contribution in [3.63, 3.8) is 0 Å². The first kappa shape index (κ1) is 48.8. The summed E-state index contributed by atoms with van der Waals surface area (Å²) < 4.78 is 22.1. The molecule has 1 atom stereocenters. The number of carbonyl (C=O) groups is 3. The van der Waals surface area contributed by atoms with Crippen LogP contribution in [0.4, 0.5) is 4.79 Å². The van der Waals surface area contributed by atoms with Gasteiger partial charge in [0.05, 0.1) is 18.4 Å². The van der Waals surface area contributed by atoms with Crippen LogP contribution < -0.4 is 0 Å². The maximum atomic E-state index is 13.2. The summed E-state index contributed by atoms with van der Waals surface area (Å²) in [7, 11) is 0. The van der Waals surface area contributed by atoms with Crippen LogP contribution in [-0.2, 0) is 28.5 Å². The number of hydrogen-bond acceptors (Lipinski definition) is 8. The minimum atomic E-state index is -0.745. The third-order valence-electron chi connectivity index (χ3n) is 12.1. The van der Waals surface area contributed by atoms with E-state index in [1.165, 1.54) is 77.0 Å². The SMILES string of the molecule is CCCCC/C=C\C/C=C\CCCCCCCC(=O)OCC(COC(=O)OCCCN(CC)CC)COC(=O)[C@H]1CC[C@H]([C@H]2CC[C@H](CCCC)CC2)CC1. The molecule has 0 spiro atoms. The Kier molecular flexibility index (Phi) is 29.0. The Hall–Kier alpha value is -2.35. The van der Waals surface area contributed by atoms with E-state index in [-0.39, 0.29) is 44.3 Å². The minimum absolute atomic E-state index is 0.0349. The zero-order valence-electron chi connectivity index (χ0n) is 35.9. The fraction of sp³-hybridized carbons (Fsp3) is 0.851. The highest BCUT2D eigenvalue weighted by Crippen LogP contribution is 2.42. The average molecular weight is 774 g/mol. The Morgan fingerprint density at radius 3 is 1.84 bits per heavy atom. The molecule has 8 heteroatoms. The van der Waals surface area contributed by atoms with Crippen LogP contribution in [-0.4, -0.2) is 69.1 Å². The van der Waals surface area contributed by atoms with Crippen LogP contribution in [0.15, 0.2) is 24.3 Å². The largest absolute Gasteiger partial charge is 0.508 e. The standard InChI is InChI=1S/C47H83NO7/c1-5-9-11-12-13-14-15-16-17-18-19-20-21-22-23-26-45(49)53-37-41(39-55-47(51)52-36-24-35-48(7-3)8-4)38-54-46(50)44-33-31-43(32-34-44)42-29-27-40(28-30-42)25-10-6-2/h13-14,16-17,40-44H,5-12,15,18-39H2,1-4H3/b14-13-,17-16-/t40-,41?,42-,43-,44-. The van der Waals surface area contributed by atoms with Gasteiger partial charge in [-0.05, 0) is 114 Å². The van der Waals surface area contributed by atoms with Gasteiger partial charge in [0, 0.05) is 13.0 Å². The van der Waals surface area contributed by atoms with E-state index in [9.17, 15) is 14.4 Å². The molecule has 0 amide bonds. The Morgan fingerprint density at radius 2 is 1.18 bits per heavy atom. The molecule has 55 heavy (non-hydrogen) atoms.